The molecule has 3 rings (SSSR count). The number of nitrogens with zero attached hydrogens (tertiary/aromatic N) is 1. The molecule has 0 aromatic heterocycles. The van der Waals surface area contributed by atoms with Crippen LogP contribution < -0.4 is 15.4 Å². The molecule has 1 aliphatic carbocycles. The molecule has 0 atom stereocenters. The van der Waals surface area contributed by atoms with E-state index in [9.17, 15) is 13.2 Å². The van der Waals surface area contributed by atoms with Gasteiger partial charge in [0.05, 0.1) is 17.0 Å². The van der Waals surface area contributed by atoms with Crippen molar-refractivity contribution in [2.24, 2.45) is 5.73 Å². The predicted octanol–water partition coefficient (Wildman–Crippen LogP) is 2.56. The van der Waals surface area contributed by atoms with E-state index in [1.54, 1.807) is 12.1 Å². The van der Waals surface area contributed by atoms with Crippen LogP contribution in [-0.4, -0.2) is 32.2 Å². The number of hydrogen-bond acceptors (Lipinski definition) is 4. The minimum Gasteiger partial charge on any atom is -0.324 e. The summed E-state index contributed by atoms with van der Waals surface area (Å²) in [6.45, 7) is 2.36. The number of benzene rings is 1. The number of nitrogens with two attached hydrogens (primary N) is 1. The molecule has 1 saturated carbocycles. The Balaban J connectivity index is 0.00000225. The maximum atomic E-state index is 12.6. The smallest absolute Gasteiger partial charge is 0.244 e. The Labute approximate surface area is 155 Å². The number of hydrogen-bond donors (Lipinski definition) is 2. The molecule has 6 nitrogen and oxygen atoms in total. The van der Waals surface area contributed by atoms with Crippen molar-refractivity contribution in [1.82, 2.24) is 0 Å². The first-order chi connectivity index (χ1) is 11.3. The molecule has 0 spiro atoms. The van der Waals surface area contributed by atoms with Gasteiger partial charge in [-0.25, -0.2) is 8.42 Å². The molecule has 25 heavy (non-hydrogen) atoms. The van der Waals surface area contributed by atoms with Gasteiger partial charge in [0, 0.05) is 12.2 Å². The maximum Gasteiger partial charge on any atom is 0.244 e. The molecule has 0 unspecified atom stereocenters. The highest BCUT2D eigenvalue weighted by Gasteiger charge is 2.35. The van der Waals surface area contributed by atoms with E-state index in [1.807, 2.05) is 13.0 Å². The lowest BCUT2D eigenvalue weighted by molar-refractivity contribution is -0.122. The Hall–Kier alpha value is -1.31. The second-order valence-electron chi connectivity index (χ2n) is 6.91. The molecular formula is C17H26ClN3O3S. The lowest BCUT2D eigenvalue weighted by atomic mass is 9.82. The van der Waals surface area contributed by atoms with Crippen LogP contribution in [0.3, 0.4) is 0 Å². The van der Waals surface area contributed by atoms with E-state index in [1.165, 1.54) is 4.31 Å². The van der Waals surface area contributed by atoms with Gasteiger partial charge in [-0.3, -0.25) is 9.10 Å². The third-order valence-corrected chi connectivity index (χ3v) is 6.89. The zero-order chi connectivity index (χ0) is 17.4. The standard InChI is InChI=1S/C17H25N3O3S.ClH/c1-13-6-7-14(12-15(13)20-10-5-11-24(20,22)23)19-16(21)17(18)8-3-2-4-9-17;/h6-7,12H,2-5,8-11,18H2,1H3,(H,19,21);1H. The predicted molar refractivity (Wildman–Crippen MR) is 103 cm³/mol. The third-order valence-electron chi connectivity index (χ3n) is 5.03. The van der Waals surface area contributed by atoms with Crippen LogP contribution in [0, 0.1) is 6.92 Å². The van der Waals surface area contributed by atoms with Gasteiger partial charge in [-0.2, -0.15) is 0 Å². The summed E-state index contributed by atoms with van der Waals surface area (Å²) >= 11 is 0. The summed E-state index contributed by atoms with van der Waals surface area (Å²) in [6.07, 6.45) is 5.07. The van der Waals surface area contributed by atoms with Gasteiger partial charge >= 0.3 is 0 Å². The van der Waals surface area contributed by atoms with Gasteiger partial charge in [0.15, 0.2) is 0 Å². The van der Waals surface area contributed by atoms with Crippen LogP contribution in [0.2, 0.25) is 0 Å². The van der Waals surface area contributed by atoms with E-state index in [-0.39, 0.29) is 24.1 Å². The highest BCUT2D eigenvalue weighted by atomic mass is 35.5. The monoisotopic (exact) mass is 387 g/mol. The molecule has 2 aliphatic rings. The number of sulfonamides is 1. The molecule has 1 aromatic carbocycles. The van der Waals surface area contributed by atoms with Crippen molar-refractivity contribution in [3.05, 3.63) is 23.8 Å². The van der Waals surface area contributed by atoms with Crippen molar-refractivity contribution in [3.8, 4) is 0 Å². The fourth-order valence-corrected chi connectivity index (χ4v) is 5.15. The second-order valence-corrected chi connectivity index (χ2v) is 8.93. The molecule has 1 aromatic rings. The van der Waals surface area contributed by atoms with E-state index in [2.05, 4.69) is 5.32 Å². The molecule has 1 saturated heterocycles. The molecule has 2 fully saturated rings. The van der Waals surface area contributed by atoms with Gasteiger partial charge in [-0.1, -0.05) is 25.3 Å². The second kappa shape index (κ2) is 7.51. The van der Waals surface area contributed by atoms with Crippen LogP contribution in [0.5, 0.6) is 0 Å². The fraction of sp³-hybridized carbons (Fsp3) is 0.588. The average Bonchev–Trinajstić information content (AvgIpc) is 2.89. The van der Waals surface area contributed by atoms with Crippen LogP contribution in [0.25, 0.3) is 0 Å². The average molecular weight is 388 g/mol. The SMILES string of the molecule is Cc1ccc(NC(=O)C2(N)CCCCC2)cc1N1CCCS1(=O)=O.Cl. The molecule has 1 heterocycles. The number of halogens is 1. The van der Waals surface area contributed by atoms with Gasteiger partial charge < -0.3 is 11.1 Å². The first-order valence-corrected chi connectivity index (χ1v) is 10.1. The molecule has 0 bridgehead atoms. The number of anilines is 2. The summed E-state index contributed by atoms with van der Waals surface area (Å²) in [7, 11) is -3.24. The molecule has 8 heteroatoms. The van der Waals surface area contributed by atoms with Crippen LogP contribution in [-0.2, 0) is 14.8 Å². The minimum absolute atomic E-state index is 0. The lowest BCUT2D eigenvalue weighted by Gasteiger charge is -2.32. The topological polar surface area (TPSA) is 92.5 Å². The zero-order valence-corrected chi connectivity index (χ0v) is 16.1. The van der Waals surface area contributed by atoms with Gasteiger partial charge in [0.2, 0.25) is 15.9 Å². The Morgan fingerprint density at radius 1 is 1.20 bits per heavy atom. The van der Waals surface area contributed by atoms with E-state index in [0.717, 1.165) is 24.8 Å². The summed E-state index contributed by atoms with van der Waals surface area (Å²) in [4.78, 5) is 12.6. The highest BCUT2D eigenvalue weighted by Crippen LogP contribution is 2.31. The van der Waals surface area contributed by atoms with Crippen molar-refractivity contribution in [2.45, 2.75) is 51.0 Å². The van der Waals surface area contributed by atoms with E-state index in [0.29, 0.717) is 37.2 Å². The van der Waals surface area contributed by atoms with E-state index < -0.39 is 15.6 Å². The molecule has 0 radical (unpaired) electrons. The van der Waals surface area contributed by atoms with Crippen LogP contribution >= 0.6 is 12.4 Å². The first-order valence-electron chi connectivity index (χ1n) is 8.53. The number of aryl methyl sites for hydroxylation is 1. The van der Waals surface area contributed by atoms with Crippen LogP contribution in [0.1, 0.15) is 44.1 Å². The Morgan fingerprint density at radius 2 is 1.88 bits per heavy atom. The minimum atomic E-state index is -3.24. The van der Waals surface area contributed by atoms with Crippen LogP contribution in [0.15, 0.2) is 18.2 Å². The highest BCUT2D eigenvalue weighted by molar-refractivity contribution is 7.93. The van der Waals surface area contributed by atoms with E-state index in [4.69, 9.17) is 5.73 Å². The van der Waals surface area contributed by atoms with Gasteiger partial charge in [-0.15, -0.1) is 12.4 Å². The molecule has 1 aliphatic heterocycles. The third kappa shape index (κ3) is 4.10. The zero-order valence-electron chi connectivity index (χ0n) is 14.5. The first kappa shape index (κ1) is 20.0. The largest absolute Gasteiger partial charge is 0.324 e. The number of rotatable bonds is 3. The fourth-order valence-electron chi connectivity index (χ4n) is 3.53. The number of carbonyl (C=O) groups is 1. The van der Waals surface area contributed by atoms with Gasteiger partial charge in [0.1, 0.15) is 0 Å². The maximum absolute atomic E-state index is 12.6. The van der Waals surface area contributed by atoms with Crippen molar-refractivity contribution in [2.75, 3.05) is 21.9 Å². The summed E-state index contributed by atoms with van der Waals surface area (Å²) < 4.78 is 25.8. The lowest BCUT2D eigenvalue weighted by Crippen LogP contribution is -2.52. The van der Waals surface area contributed by atoms with Crippen molar-refractivity contribution < 1.29 is 13.2 Å². The number of nitrogens with one attached hydrogen (secondary N) is 1. The van der Waals surface area contributed by atoms with Crippen molar-refractivity contribution in [3.63, 3.8) is 0 Å². The summed E-state index contributed by atoms with van der Waals surface area (Å²) in [6, 6.07) is 5.37. The molecule has 3 N–H and O–H groups in total. The Morgan fingerprint density at radius 3 is 2.48 bits per heavy atom. The summed E-state index contributed by atoms with van der Waals surface area (Å²) in [5.74, 6) is -0.00383. The van der Waals surface area contributed by atoms with Gasteiger partial charge in [-0.05, 0) is 43.9 Å². The van der Waals surface area contributed by atoms with Crippen molar-refractivity contribution >= 4 is 39.7 Å². The van der Waals surface area contributed by atoms with Crippen molar-refractivity contribution in [1.29, 1.82) is 0 Å². The molecular weight excluding hydrogens is 362 g/mol. The van der Waals surface area contributed by atoms with Crippen LogP contribution in [0.4, 0.5) is 11.4 Å². The quantitative estimate of drug-likeness (QED) is 0.833. The number of amides is 1. The molecule has 1 amide bonds. The Bertz CT molecular complexity index is 746. The Kier molecular flexibility index (Phi) is 6.01. The summed E-state index contributed by atoms with van der Waals surface area (Å²) in [5, 5.41) is 2.89. The normalized spacial score (nSPS) is 21.4. The molecule has 140 valence electrons. The summed E-state index contributed by atoms with van der Waals surface area (Å²) in [5.41, 5.74) is 7.56. The number of carbonyl (C=O) groups excluding carboxylic acids is 1. The van der Waals surface area contributed by atoms with E-state index >= 15 is 0 Å². The van der Waals surface area contributed by atoms with Gasteiger partial charge in [0.25, 0.3) is 0 Å².